The zero-order chi connectivity index (χ0) is 16.8. The van der Waals surface area contributed by atoms with E-state index in [-0.39, 0.29) is 6.09 Å². The van der Waals surface area contributed by atoms with Crippen molar-refractivity contribution in [2.75, 3.05) is 19.6 Å². The summed E-state index contributed by atoms with van der Waals surface area (Å²) in [5.41, 5.74) is 0.0778. The Morgan fingerprint density at radius 3 is 2.32 bits per heavy atom. The lowest BCUT2D eigenvalue weighted by atomic mass is 9.75. The third-order valence-electron chi connectivity index (χ3n) is 4.30. The Morgan fingerprint density at radius 2 is 1.82 bits per heavy atom. The fraction of sp³-hybridized carbons (Fsp3) is 0.944. The van der Waals surface area contributed by atoms with E-state index in [9.17, 15) is 4.79 Å². The van der Waals surface area contributed by atoms with Gasteiger partial charge in [-0.15, -0.1) is 0 Å². The van der Waals surface area contributed by atoms with Gasteiger partial charge in [0.2, 0.25) is 0 Å². The molecule has 0 atom stereocenters. The van der Waals surface area contributed by atoms with Crippen LogP contribution in [-0.2, 0) is 4.74 Å². The predicted octanol–water partition coefficient (Wildman–Crippen LogP) is 4.19. The molecule has 1 N–H and O–H groups in total. The van der Waals surface area contributed by atoms with Crippen molar-refractivity contribution in [1.29, 1.82) is 0 Å². The van der Waals surface area contributed by atoms with Crippen LogP contribution in [0.4, 0.5) is 4.79 Å². The van der Waals surface area contributed by atoms with Crippen LogP contribution in [0.1, 0.15) is 73.6 Å². The van der Waals surface area contributed by atoms with Crippen LogP contribution in [0.3, 0.4) is 0 Å². The Labute approximate surface area is 137 Å². The van der Waals surface area contributed by atoms with E-state index in [1.165, 1.54) is 25.7 Å². The number of ether oxygens (including phenoxy) is 1. The van der Waals surface area contributed by atoms with Gasteiger partial charge in [0.1, 0.15) is 5.60 Å². The molecule has 0 radical (unpaired) electrons. The first kappa shape index (κ1) is 19.3. The number of amides is 1. The molecule has 0 aromatic rings. The van der Waals surface area contributed by atoms with Crippen molar-refractivity contribution in [3.63, 3.8) is 0 Å². The summed E-state index contributed by atoms with van der Waals surface area (Å²) in [4.78, 5) is 14.0. The first-order chi connectivity index (χ1) is 10.1. The highest BCUT2D eigenvalue weighted by Crippen LogP contribution is 2.34. The van der Waals surface area contributed by atoms with Crippen LogP contribution in [0.15, 0.2) is 0 Å². The van der Waals surface area contributed by atoms with Crippen molar-refractivity contribution in [3.05, 3.63) is 0 Å². The molecular formula is C18H36N2O2. The summed E-state index contributed by atoms with van der Waals surface area (Å²) in [5.74, 6) is 0. The molecule has 1 aliphatic carbocycles. The van der Waals surface area contributed by atoms with Crippen LogP contribution < -0.4 is 5.32 Å². The standard InChI is InChI=1S/C18H36N2O2/c1-7-13-20(16(21)22-17(2,3)4)14-12-19-15-8-10-18(5,6)11-9-15/h15,19H,7-14H2,1-6H3. The van der Waals surface area contributed by atoms with E-state index >= 15 is 0 Å². The molecule has 1 fully saturated rings. The number of hydrogen-bond acceptors (Lipinski definition) is 3. The normalized spacial score (nSPS) is 19.0. The molecule has 0 heterocycles. The van der Waals surface area contributed by atoms with Gasteiger partial charge in [0.15, 0.2) is 0 Å². The second-order valence-electron chi connectivity index (χ2n) is 8.36. The third kappa shape index (κ3) is 7.48. The Morgan fingerprint density at radius 1 is 1.23 bits per heavy atom. The van der Waals surface area contributed by atoms with Crippen LogP contribution in [0, 0.1) is 5.41 Å². The lowest BCUT2D eigenvalue weighted by molar-refractivity contribution is 0.0249. The fourth-order valence-electron chi connectivity index (χ4n) is 2.90. The molecule has 0 aromatic heterocycles. The first-order valence-corrected chi connectivity index (χ1v) is 8.84. The first-order valence-electron chi connectivity index (χ1n) is 8.84. The lowest BCUT2D eigenvalue weighted by Crippen LogP contribution is -2.43. The summed E-state index contributed by atoms with van der Waals surface area (Å²) in [6.07, 6.45) is 5.82. The average molecular weight is 312 g/mol. The van der Waals surface area contributed by atoms with E-state index in [1.807, 2.05) is 25.7 Å². The molecule has 0 aliphatic heterocycles. The molecule has 0 unspecified atom stereocenters. The van der Waals surface area contributed by atoms with Gasteiger partial charge in [-0.25, -0.2) is 4.79 Å². The minimum Gasteiger partial charge on any atom is -0.444 e. The molecule has 0 saturated heterocycles. The van der Waals surface area contributed by atoms with Crippen molar-refractivity contribution >= 4 is 6.09 Å². The highest BCUT2D eigenvalue weighted by molar-refractivity contribution is 5.68. The lowest BCUT2D eigenvalue weighted by Gasteiger charge is -2.35. The van der Waals surface area contributed by atoms with Gasteiger partial charge in [0.05, 0.1) is 0 Å². The Hall–Kier alpha value is -0.770. The topological polar surface area (TPSA) is 41.6 Å². The number of carbonyl (C=O) groups excluding carboxylic acids is 1. The minimum atomic E-state index is -0.425. The van der Waals surface area contributed by atoms with Gasteiger partial charge in [0, 0.05) is 25.7 Å². The summed E-state index contributed by atoms with van der Waals surface area (Å²) in [7, 11) is 0. The largest absolute Gasteiger partial charge is 0.444 e. The van der Waals surface area contributed by atoms with Crippen LogP contribution in [0.25, 0.3) is 0 Å². The van der Waals surface area contributed by atoms with Crippen molar-refractivity contribution in [2.45, 2.75) is 85.3 Å². The van der Waals surface area contributed by atoms with Gasteiger partial charge in [-0.05, 0) is 58.3 Å². The van der Waals surface area contributed by atoms with Crippen LogP contribution in [-0.4, -0.2) is 42.3 Å². The van der Waals surface area contributed by atoms with E-state index < -0.39 is 5.60 Å². The number of rotatable bonds is 6. The van der Waals surface area contributed by atoms with Gasteiger partial charge in [-0.1, -0.05) is 20.8 Å². The monoisotopic (exact) mass is 312 g/mol. The van der Waals surface area contributed by atoms with E-state index in [0.717, 1.165) is 26.1 Å². The summed E-state index contributed by atoms with van der Waals surface area (Å²) in [6, 6.07) is 0.607. The van der Waals surface area contributed by atoms with Gasteiger partial charge < -0.3 is 15.0 Å². The Balaban J connectivity index is 2.34. The molecular weight excluding hydrogens is 276 g/mol. The maximum Gasteiger partial charge on any atom is 0.410 e. The van der Waals surface area contributed by atoms with Gasteiger partial charge in [-0.3, -0.25) is 0 Å². The van der Waals surface area contributed by atoms with E-state index in [4.69, 9.17) is 4.74 Å². The average Bonchev–Trinajstić information content (AvgIpc) is 2.37. The highest BCUT2D eigenvalue weighted by Gasteiger charge is 2.27. The molecule has 1 amide bonds. The molecule has 1 saturated carbocycles. The van der Waals surface area contributed by atoms with Gasteiger partial charge in [0.25, 0.3) is 0 Å². The summed E-state index contributed by atoms with van der Waals surface area (Å²) in [5, 5.41) is 3.62. The third-order valence-corrected chi connectivity index (χ3v) is 4.30. The molecule has 1 rings (SSSR count). The molecule has 0 bridgehead atoms. The number of hydrogen-bond donors (Lipinski definition) is 1. The minimum absolute atomic E-state index is 0.194. The zero-order valence-corrected chi connectivity index (χ0v) is 15.5. The van der Waals surface area contributed by atoms with Crippen molar-refractivity contribution < 1.29 is 9.53 Å². The zero-order valence-electron chi connectivity index (χ0n) is 15.5. The van der Waals surface area contributed by atoms with Crippen molar-refractivity contribution in [3.8, 4) is 0 Å². The summed E-state index contributed by atoms with van der Waals surface area (Å²) in [6.45, 7) is 14.9. The molecule has 0 spiro atoms. The van der Waals surface area contributed by atoms with Gasteiger partial charge in [-0.2, -0.15) is 0 Å². The van der Waals surface area contributed by atoms with Crippen molar-refractivity contribution in [2.24, 2.45) is 5.41 Å². The van der Waals surface area contributed by atoms with E-state index in [0.29, 0.717) is 11.5 Å². The summed E-state index contributed by atoms with van der Waals surface area (Å²) >= 11 is 0. The fourth-order valence-corrected chi connectivity index (χ4v) is 2.90. The number of carbonyl (C=O) groups is 1. The SMILES string of the molecule is CCCN(CCNC1CCC(C)(C)CC1)C(=O)OC(C)(C)C. The second-order valence-corrected chi connectivity index (χ2v) is 8.36. The Bertz CT molecular complexity index is 337. The van der Waals surface area contributed by atoms with Crippen LogP contribution in [0.5, 0.6) is 0 Å². The van der Waals surface area contributed by atoms with E-state index in [2.05, 4.69) is 26.1 Å². The van der Waals surface area contributed by atoms with Crippen molar-refractivity contribution in [1.82, 2.24) is 10.2 Å². The number of nitrogens with zero attached hydrogens (tertiary/aromatic N) is 1. The highest BCUT2D eigenvalue weighted by atomic mass is 16.6. The second kappa shape index (κ2) is 8.19. The molecule has 1 aliphatic rings. The van der Waals surface area contributed by atoms with Gasteiger partial charge >= 0.3 is 6.09 Å². The smallest absolute Gasteiger partial charge is 0.410 e. The van der Waals surface area contributed by atoms with Crippen LogP contribution >= 0.6 is 0 Å². The molecule has 4 heteroatoms. The quantitative estimate of drug-likeness (QED) is 0.799. The molecule has 22 heavy (non-hydrogen) atoms. The maximum atomic E-state index is 12.2. The van der Waals surface area contributed by atoms with E-state index in [1.54, 1.807) is 0 Å². The van der Waals surface area contributed by atoms with Crippen LogP contribution in [0.2, 0.25) is 0 Å². The molecule has 0 aromatic carbocycles. The Kier molecular flexibility index (Phi) is 7.17. The molecule has 130 valence electrons. The molecule has 4 nitrogen and oxygen atoms in total. The maximum absolute atomic E-state index is 12.2. The number of nitrogens with one attached hydrogen (secondary N) is 1. The summed E-state index contributed by atoms with van der Waals surface area (Å²) < 4.78 is 5.48. The predicted molar refractivity (Wildman–Crippen MR) is 92.1 cm³/mol.